The number of aromatic amines is 1. The zero-order chi connectivity index (χ0) is 9.54. The van der Waals surface area contributed by atoms with Gasteiger partial charge in [0.05, 0.1) is 5.52 Å². The number of H-pyrrole nitrogens is 1. The molecule has 1 N–H and O–H groups in total. The van der Waals surface area contributed by atoms with Crippen molar-refractivity contribution >= 4 is 28.9 Å². The van der Waals surface area contributed by atoms with E-state index in [1.54, 1.807) is 6.20 Å². The van der Waals surface area contributed by atoms with Crippen LogP contribution in [-0.4, -0.2) is 14.4 Å². The predicted molar refractivity (Wildman–Crippen MR) is 57.9 cm³/mol. The van der Waals surface area contributed by atoms with Crippen LogP contribution in [0.15, 0.2) is 36.7 Å². The highest BCUT2D eigenvalue weighted by atomic mass is 32.1. The topological polar surface area (TPSA) is 33.1 Å². The van der Waals surface area contributed by atoms with E-state index in [4.69, 9.17) is 12.2 Å². The van der Waals surface area contributed by atoms with Gasteiger partial charge in [0.15, 0.2) is 0 Å². The zero-order valence-electron chi connectivity index (χ0n) is 7.27. The summed E-state index contributed by atoms with van der Waals surface area (Å²) in [5.41, 5.74) is 1.02. The van der Waals surface area contributed by atoms with E-state index in [1.807, 2.05) is 34.9 Å². The smallest absolute Gasteiger partial charge is 0.212 e. The van der Waals surface area contributed by atoms with Crippen molar-refractivity contribution in [1.29, 1.82) is 0 Å². The minimum Gasteiger partial charge on any atom is -0.325 e. The molecule has 4 heteroatoms. The molecule has 0 amide bonds. The van der Waals surface area contributed by atoms with E-state index < -0.39 is 0 Å². The van der Waals surface area contributed by atoms with Crippen molar-refractivity contribution in [2.45, 2.75) is 0 Å². The van der Waals surface area contributed by atoms with Gasteiger partial charge in [-0.15, -0.1) is 0 Å². The fourth-order valence-corrected chi connectivity index (χ4v) is 1.91. The molecule has 0 fully saturated rings. The molecular formula is C10H7N3S. The summed E-state index contributed by atoms with van der Waals surface area (Å²) in [5, 5.41) is 1.05. The Morgan fingerprint density at radius 1 is 1.29 bits per heavy atom. The van der Waals surface area contributed by atoms with Crippen LogP contribution in [0.5, 0.6) is 0 Å². The number of imidazole rings is 1. The van der Waals surface area contributed by atoms with E-state index in [0.717, 1.165) is 21.3 Å². The van der Waals surface area contributed by atoms with E-state index in [1.165, 1.54) is 0 Å². The van der Waals surface area contributed by atoms with Crippen molar-refractivity contribution in [2.24, 2.45) is 0 Å². The fourth-order valence-electron chi connectivity index (χ4n) is 1.59. The van der Waals surface area contributed by atoms with Gasteiger partial charge in [-0.1, -0.05) is 24.4 Å². The first-order valence-electron chi connectivity index (χ1n) is 4.30. The summed E-state index contributed by atoms with van der Waals surface area (Å²) in [7, 11) is 0. The number of para-hydroxylation sites is 1. The van der Waals surface area contributed by atoms with Crippen LogP contribution in [0.1, 0.15) is 0 Å². The van der Waals surface area contributed by atoms with Crippen molar-refractivity contribution in [1.82, 2.24) is 14.4 Å². The Morgan fingerprint density at radius 2 is 2.14 bits per heavy atom. The molecule has 0 saturated heterocycles. The normalized spacial score (nSPS) is 11.1. The number of benzene rings is 1. The molecule has 0 aliphatic heterocycles. The van der Waals surface area contributed by atoms with E-state index in [0.29, 0.717) is 0 Å². The number of hydrogen-bond donors (Lipinski definition) is 1. The predicted octanol–water partition coefficient (Wildman–Crippen LogP) is 2.55. The number of rotatable bonds is 0. The van der Waals surface area contributed by atoms with Gasteiger partial charge in [-0.05, 0) is 12.1 Å². The highest BCUT2D eigenvalue weighted by Gasteiger charge is 2.00. The Kier molecular flexibility index (Phi) is 1.46. The summed E-state index contributed by atoms with van der Waals surface area (Å²) in [6.07, 6.45) is 3.60. The first-order chi connectivity index (χ1) is 6.86. The van der Waals surface area contributed by atoms with Crippen LogP contribution in [0.25, 0.3) is 16.7 Å². The molecule has 0 saturated carbocycles. The molecule has 2 aromatic heterocycles. The second-order valence-electron chi connectivity index (χ2n) is 3.10. The van der Waals surface area contributed by atoms with Crippen LogP contribution in [0, 0.1) is 4.64 Å². The molecule has 1 aromatic carbocycles. The van der Waals surface area contributed by atoms with Crippen molar-refractivity contribution in [3.8, 4) is 0 Å². The van der Waals surface area contributed by atoms with Gasteiger partial charge in [0.1, 0.15) is 4.64 Å². The second-order valence-corrected chi connectivity index (χ2v) is 3.48. The Labute approximate surface area is 85.0 Å². The number of aromatic nitrogens is 3. The monoisotopic (exact) mass is 201 g/mol. The molecule has 0 radical (unpaired) electrons. The Hall–Kier alpha value is -1.68. The lowest BCUT2D eigenvalue weighted by molar-refractivity contribution is 1.13. The Bertz CT molecular complexity index is 665. The van der Waals surface area contributed by atoms with Crippen molar-refractivity contribution < 1.29 is 0 Å². The lowest BCUT2D eigenvalue weighted by Crippen LogP contribution is -1.91. The molecule has 3 nitrogen and oxygen atoms in total. The maximum absolute atomic E-state index is 5.35. The molecule has 0 aliphatic rings. The van der Waals surface area contributed by atoms with Crippen molar-refractivity contribution in [2.75, 3.05) is 0 Å². The van der Waals surface area contributed by atoms with Gasteiger partial charge in [0.25, 0.3) is 0 Å². The van der Waals surface area contributed by atoms with Gasteiger partial charge >= 0.3 is 0 Å². The molecule has 3 aromatic rings. The highest BCUT2D eigenvalue weighted by Crippen LogP contribution is 2.14. The van der Waals surface area contributed by atoms with Crippen LogP contribution in [0.3, 0.4) is 0 Å². The van der Waals surface area contributed by atoms with E-state index in [9.17, 15) is 0 Å². The number of nitrogens with zero attached hydrogens (tertiary/aromatic N) is 2. The van der Waals surface area contributed by atoms with Gasteiger partial charge in [0, 0.05) is 17.8 Å². The molecule has 2 heterocycles. The Morgan fingerprint density at radius 3 is 3.07 bits per heavy atom. The van der Waals surface area contributed by atoms with E-state index in [2.05, 4.69) is 9.97 Å². The zero-order valence-corrected chi connectivity index (χ0v) is 8.08. The molecular weight excluding hydrogens is 194 g/mol. The van der Waals surface area contributed by atoms with Crippen LogP contribution in [0.4, 0.5) is 0 Å². The first kappa shape index (κ1) is 7.70. The van der Waals surface area contributed by atoms with Gasteiger partial charge < -0.3 is 4.98 Å². The number of nitrogens with one attached hydrogen (secondary N) is 1. The third kappa shape index (κ3) is 0.914. The van der Waals surface area contributed by atoms with Crippen LogP contribution in [-0.2, 0) is 0 Å². The fraction of sp³-hybridized carbons (Fsp3) is 0. The third-order valence-corrected chi connectivity index (χ3v) is 2.68. The lowest BCUT2D eigenvalue weighted by Gasteiger charge is -2.00. The molecule has 14 heavy (non-hydrogen) atoms. The van der Waals surface area contributed by atoms with Crippen molar-refractivity contribution in [3.05, 3.63) is 41.3 Å². The maximum Gasteiger partial charge on any atom is 0.212 e. The lowest BCUT2D eigenvalue weighted by atomic mass is 10.2. The van der Waals surface area contributed by atoms with Crippen LogP contribution >= 0.6 is 12.2 Å². The van der Waals surface area contributed by atoms with E-state index >= 15 is 0 Å². The highest BCUT2D eigenvalue weighted by molar-refractivity contribution is 7.71. The number of fused-ring (bicyclic) bond motifs is 2. The number of hydrogen-bond acceptors (Lipinski definition) is 2. The molecule has 68 valence electrons. The third-order valence-electron chi connectivity index (χ3n) is 2.26. The van der Waals surface area contributed by atoms with Gasteiger partial charge in [-0.3, -0.25) is 4.40 Å². The largest absolute Gasteiger partial charge is 0.325 e. The minimum absolute atomic E-state index is 0.786. The molecule has 0 spiro atoms. The summed E-state index contributed by atoms with van der Waals surface area (Å²) >= 11 is 5.35. The molecule has 0 atom stereocenters. The molecule has 3 rings (SSSR count). The van der Waals surface area contributed by atoms with Gasteiger partial charge in [-0.2, -0.15) is 0 Å². The minimum atomic E-state index is 0.786. The summed E-state index contributed by atoms with van der Waals surface area (Å²) in [6.45, 7) is 0. The van der Waals surface area contributed by atoms with E-state index in [-0.39, 0.29) is 0 Å². The van der Waals surface area contributed by atoms with Crippen molar-refractivity contribution in [3.63, 3.8) is 0 Å². The summed E-state index contributed by atoms with van der Waals surface area (Å²) in [5.74, 6) is 0.786. The average Bonchev–Trinajstić information content (AvgIpc) is 2.66. The molecule has 0 unspecified atom stereocenters. The second kappa shape index (κ2) is 2.65. The van der Waals surface area contributed by atoms with Crippen LogP contribution < -0.4 is 0 Å². The standard InChI is InChI=1S/C10H7N3S/c14-9-7-3-1-2-4-8(7)12-10-11-5-6-13(9)10/h1-6H,(H,11,12). The summed E-state index contributed by atoms with van der Waals surface area (Å²) < 4.78 is 2.67. The average molecular weight is 201 g/mol. The Balaban J connectivity index is 2.70. The van der Waals surface area contributed by atoms with Gasteiger partial charge in [0.2, 0.25) is 5.78 Å². The summed E-state index contributed by atoms with van der Waals surface area (Å²) in [6, 6.07) is 7.97. The molecule has 0 bridgehead atoms. The quantitative estimate of drug-likeness (QED) is 0.567. The SMILES string of the molecule is S=c1c2ccccc2[nH]c2nccn12. The van der Waals surface area contributed by atoms with Gasteiger partial charge in [-0.25, -0.2) is 4.98 Å². The molecule has 0 aliphatic carbocycles. The summed E-state index contributed by atoms with van der Waals surface area (Å²) in [4.78, 5) is 7.39. The first-order valence-corrected chi connectivity index (χ1v) is 4.71. The maximum atomic E-state index is 5.35. The van der Waals surface area contributed by atoms with Crippen LogP contribution in [0.2, 0.25) is 0 Å².